The van der Waals surface area contributed by atoms with E-state index in [0.717, 1.165) is 31.6 Å². The molecular weight excluding hydrogens is 407 g/mol. The first-order chi connectivity index (χ1) is 12.6. The third kappa shape index (κ3) is 9.31. The van der Waals surface area contributed by atoms with Gasteiger partial charge in [-0.3, -0.25) is 0 Å². The van der Waals surface area contributed by atoms with Crippen molar-refractivity contribution in [2.45, 2.75) is 64.7 Å². The molecule has 0 amide bonds. The number of aliphatic hydroxyl groups excluding tert-OH is 2. The van der Waals surface area contributed by atoms with Crippen molar-refractivity contribution < 1.29 is 10.2 Å². The molecule has 0 saturated carbocycles. The number of aryl methyl sites for hydroxylation is 1. The Hall–Kier alpha value is 0.0500. The number of halogens is 1. The van der Waals surface area contributed by atoms with E-state index in [1.807, 2.05) is 0 Å². The van der Waals surface area contributed by atoms with Gasteiger partial charge in [-0.25, -0.2) is 0 Å². The zero-order chi connectivity index (χ0) is 19.2. The van der Waals surface area contributed by atoms with Gasteiger partial charge in [0.15, 0.2) is 0 Å². The summed E-state index contributed by atoms with van der Waals surface area (Å²) in [6.45, 7) is 2.77. The molecule has 0 saturated heterocycles. The molecule has 26 heavy (non-hydrogen) atoms. The molecule has 0 fully saturated rings. The molecule has 0 aliphatic rings. The Morgan fingerprint density at radius 3 is 2.00 bits per heavy atom. The number of unbranched alkanes of at least 4 members (excludes halogenated alkanes) is 5. The summed E-state index contributed by atoms with van der Waals surface area (Å²) in [6, 6.07) is 10.7. The number of aliphatic hydroxyl groups is 2. The second kappa shape index (κ2) is 13.3. The number of benzene rings is 1. The summed E-state index contributed by atoms with van der Waals surface area (Å²) in [7, 11) is 0. The first-order valence-corrected chi connectivity index (χ1v) is 15.5. The van der Waals surface area contributed by atoms with Crippen LogP contribution in [0.5, 0.6) is 0 Å². The maximum absolute atomic E-state index is 9.80. The van der Waals surface area contributed by atoms with Gasteiger partial charge in [0.1, 0.15) is 0 Å². The molecule has 0 radical (unpaired) electrons. The number of rotatable bonds is 16. The number of hydrogen-bond acceptors (Lipinski definition) is 2. The Morgan fingerprint density at radius 1 is 0.731 bits per heavy atom. The summed E-state index contributed by atoms with van der Waals surface area (Å²) >= 11 is 4.27. The molecule has 0 unspecified atom stereocenters. The van der Waals surface area contributed by atoms with E-state index in [9.17, 15) is 10.2 Å². The normalized spacial score (nSPS) is 13.5. The second-order valence-electron chi connectivity index (χ2n) is 7.87. The van der Waals surface area contributed by atoms with Crippen LogP contribution in [0.1, 0.15) is 63.9 Å². The van der Waals surface area contributed by atoms with Crippen molar-refractivity contribution in [3.05, 3.63) is 35.9 Å². The van der Waals surface area contributed by atoms with Crippen molar-refractivity contribution in [2.24, 2.45) is 0 Å². The molecule has 4 heteroatoms. The molecule has 0 aliphatic heterocycles. The summed E-state index contributed by atoms with van der Waals surface area (Å²) in [5.41, 5.74) is 1.40. The monoisotopic (exact) mass is 446 g/mol. The van der Waals surface area contributed by atoms with Crippen molar-refractivity contribution >= 4 is 20.8 Å². The Morgan fingerprint density at radius 2 is 1.35 bits per heavy atom. The topological polar surface area (TPSA) is 40.5 Å². The summed E-state index contributed by atoms with van der Waals surface area (Å²) in [5.74, 6) is 0. The minimum absolute atomic E-state index is 0.254. The zero-order valence-electron chi connectivity index (χ0n) is 16.7. The molecule has 2 N–H and O–H groups in total. The van der Waals surface area contributed by atoms with Gasteiger partial charge >= 0.3 is 169 Å². The van der Waals surface area contributed by atoms with Gasteiger partial charge in [0.2, 0.25) is 0 Å². The fourth-order valence-corrected chi connectivity index (χ4v) is 11.5. The van der Waals surface area contributed by atoms with Gasteiger partial charge in [0.25, 0.3) is 0 Å². The van der Waals surface area contributed by atoms with E-state index in [1.54, 1.807) is 0 Å². The SMILES string of the molecule is CCCCCCCCP(Br)(CCO)(CCCO)CCCc1ccccc1. The van der Waals surface area contributed by atoms with E-state index in [0.29, 0.717) is 0 Å². The molecule has 0 atom stereocenters. The molecule has 0 aromatic heterocycles. The molecule has 0 aliphatic carbocycles. The predicted molar refractivity (Wildman–Crippen MR) is 122 cm³/mol. The Bertz CT molecular complexity index is 470. The number of hydrogen-bond donors (Lipinski definition) is 2. The van der Waals surface area contributed by atoms with Gasteiger partial charge in [0.05, 0.1) is 0 Å². The van der Waals surface area contributed by atoms with Crippen molar-refractivity contribution in [2.75, 3.05) is 37.9 Å². The fourth-order valence-electron chi connectivity index (χ4n) is 4.00. The predicted octanol–water partition coefficient (Wildman–Crippen LogP) is 6.22. The van der Waals surface area contributed by atoms with Crippen LogP contribution >= 0.6 is 20.8 Å². The standard InChI is InChI=1S/C22H40BrO2P/c1-2-3-4-5-6-10-18-26(23,21-17-25,20-12-16-24)19-11-15-22-13-8-7-9-14-22/h7-9,13-14,24-25H,2-6,10-12,15-21H2,1H3. The van der Waals surface area contributed by atoms with Gasteiger partial charge in [-0.1, -0.05) is 0 Å². The quantitative estimate of drug-likeness (QED) is 0.233. The molecule has 2 nitrogen and oxygen atoms in total. The van der Waals surface area contributed by atoms with Crippen LogP contribution in [0.4, 0.5) is 0 Å². The Labute approximate surface area is 169 Å². The van der Waals surface area contributed by atoms with Gasteiger partial charge in [-0.15, -0.1) is 0 Å². The summed E-state index contributed by atoms with van der Waals surface area (Å²) < 4.78 is 0. The van der Waals surface area contributed by atoms with Crippen LogP contribution in [0.15, 0.2) is 30.3 Å². The summed E-state index contributed by atoms with van der Waals surface area (Å²) in [6.07, 6.45) is 15.3. The second-order valence-corrected chi connectivity index (χ2v) is 19.3. The van der Waals surface area contributed by atoms with Crippen molar-refractivity contribution in [3.8, 4) is 0 Å². The summed E-state index contributed by atoms with van der Waals surface area (Å²) in [4.78, 5) is 0. The molecule has 1 aromatic rings. The van der Waals surface area contributed by atoms with E-state index < -0.39 is 5.31 Å². The average molecular weight is 447 g/mol. The van der Waals surface area contributed by atoms with Crippen LogP contribution in [-0.4, -0.2) is 48.1 Å². The minimum atomic E-state index is -2.13. The first-order valence-electron chi connectivity index (χ1n) is 10.5. The Balaban J connectivity index is 2.65. The van der Waals surface area contributed by atoms with Crippen LogP contribution in [0.25, 0.3) is 0 Å². The third-order valence-corrected chi connectivity index (χ3v) is 15.5. The van der Waals surface area contributed by atoms with E-state index in [4.69, 9.17) is 0 Å². The third-order valence-electron chi connectivity index (χ3n) is 5.63. The molecule has 152 valence electrons. The van der Waals surface area contributed by atoms with Crippen molar-refractivity contribution in [1.29, 1.82) is 0 Å². The van der Waals surface area contributed by atoms with E-state index in [2.05, 4.69) is 52.7 Å². The fraction of sp³-hybridized carbons (Fsp3) is 0.727. The van der Waals surface area contributed by atoms with Crippen LogP contribution in [0.3, 0.4) is 0 Å². The van der Waals surface area contributed by atoms with Crippen LogP contribution in [0.2, 0.25) is 0 Å². The van der Waals surface area contributed by atoms with Crippen LogP contribution in [-0.2, 0) is 6.42 Å². The zero-order valence-corrected chi connectivity index (χ0v) is 19.2. The van der Waals surface area contributed by atoms with E-state index in [-0.39, 0.29) is 13.2 Å². The van der Waals surface area contributed by atoms with E-state index >= 15 is 0 Å². The Kier molecular flexibility index (Phi) is 12.3. The van der Waals surface area contributed by atoms with Crippen molar-refractivity contribution in [1.82, 2.24) is 0 Å². The van der Waals surface area contributed by atoms with Gasteiger partial charge in [-0.05, 0) is 0 Å². The molecule has 0 spiro atoms. The summed E-state index contributed by atoms with van der Waals surface area (Å²) in [5, 5.41) is 17.1. The first kappa shape index (κ1) is 24.1. The molecule has 0 bridgehead atoms. The van der Waals surface area contributed by atoms with Crippen LogP contribution in [0, 0.1) is 0 Å². The van der Waals surface area contributed by atoms with Gasteiger partial charge in [0, 0.05) is 0 Å². The molecule has 1 rings (SSSR count). The van der Waals surface area contributed by atoms with Gasteiger partial charge < -0.3 is 0 Å². The molecular formula is C22H40BrO2P. The van der Waals surface area contributed by atoms with Gasteiger partial charge in [-0.2, -0.15) is 0 Å². The van der Waals surface area contributed by atoms with E-state index in [1.165, 1.54) is 56.4 Å². The van der Waals surface area contributed by atoms with Crippen molar-refractivity contribution in [3.63, 3.8) is 0 Å². The average Bonchev–Trinajstić information content (AvgIpc) is 2.64. The molecule has 0 heterocycles. The van der Waals surface area contributed by atoms with Crippen LogP contribution < -0.4 is 0 Å². The maximum atomic E-state index is 9.80. The molecule has 1 aromatic carbocycles.